The molecule has 2 rings (SSSR count). The van der Waals surface area contributed by atoms with E-state index in [-0.39, 0.29) is 23.9 Å². The SMILES string of the molecule is Cc1ccc(SCCNC(=O)CCCN(c2cc(Cl)ccc2Cl)S(C)(=O)=O)cc1. The van der Waals surface area contributed by atoms with Gasteiger partial charge in [-0.05, 0) is 43.7 Å². The largest absolute Gasteiger partial charge is 0.355 e. The number of aryl methyl sites for hydroxylation is 1. The van der Waals surface area contributed by atoms with Gasteiger partial charge in [-0.2, -0.15) is 0 Å². The van der Waals surface area contributed by atoms with Crippen molar-refractivity contribution in [2.75, 3.05) is 29.4 Å². The highest BCUT2D eigenvalue weighted by atomic mass is 35.5. The fourth-order valence-electron chi connectivity index (χ4n) is 2.61. The van der Waals surface area contributed by atoms with Crippen LogP contribution in [0, 0.1) is 6.92 Å². The third-order valence-electron chi connectivity index (χ3n) is 4.06. The van der Waals surface area contributed by atoms with Crippen LogP contribution in [0.5, 0.6) is 0 Å². The normalized spacial score (nSPS) is 11.3. The third kappa shape index (κ3) is 8.09. The molecule has 9 heteroatoms. The van der Waals surface area contributed by atoms with E-state index in [1.54, 1.807) is 23.9 Å². The van der Waals surface area contributed by atoms with E-state index < -0.39 is 10.0 Å². The maximum Gasteiger partial charge on any atom is 0.232 e. The number of carbonyl (C=O) groups excluding carboxylic acids is 1. The molecule has 0 unspecified atom stereocenters. The van der Waals surface area contributed by atoms with Gasteiger partial charge in [0.15, 0.2) is 0 Å². The topological polar surface area (TPSA) is 66.5 Å². The second-order valence-corrected chi connectivity index (χ2v) is 10.5. The van der Waals surface area contributed by atoms with Crippen LogP contribution in [0.3, 0.4) is 0 Å². The molecule has 0 aliphatic rings. The standard InChI is InChI=1S/C20H24Cl2N2O3S2/c1-15-5-8-17(9-6-15)28-13-11-23-20(25)4-3-12-24(29(2,26)27)19-14-16(21)7-10-18(19)22/h5-10,14H,3-4,11-13H2,1-2H3,(H,23,25). The smallest absolute Gasteiger partial charge is 0.232 e. The average molecular weight is 475 g/mol. The van der Waals surface area contributed by atoms with Crippen molar-refractivity contribution in [3.8, 4) is 0 Å². The van der Waals surface area contributed by atoms with Gasteiger partial charge in [-0.3, -0.25) is 9.10 Å². The summed E-state index contributed by atoms with van der Waals surface area (Å²) in [5, 5.41) is 3.54. The molecular weight excluding hydrogens is 451 g/mol. The van der Waals surface area contributed by atoms with Crippen LogP contribution >= 0.6 is 35.0 Å². The summed E-state index contributed by atoms with van der Waals surface area (Å²) in [5.41, 5.74) is 1.53. The molecule has 2 aromatic rings. The van der Waals surface area contributed by atoms with Crippen LogP contribution < -0.4 is 9.62 Å². The molecule has 0 fully saturated rings. The fourth-order valence-corrected chi connectivity index (χ4v) is 4.78. The Bertz CT molecular complexity index is 935. The van der Waals surface area contributed by atoms with Gasteiger partial charge in [-0.15, -0.1) is 11.8 Å². The molecule has 0 radical (unpaired) electrons. The van der Waals surface area contributed by atoms with Crippen molar-refractivity contribution in [1.82, 2.24) is 5.32 Å². The second-order valence-electron chi connectivity index (χ2n) is 6.55. The Hall–Kier alpha value is -1.41. The Morgan fingerprint density at radius 3 is 2.48 bits per heavy atom. The number of rotatable bonds is 10. The van der Waals surface area contributed by atoms with Gasteiger partial charge in [0, 0.05) is 35.2 Å². The van der Waals surface area contributed by atoms with Crippen LogP contribution in [0.25, 0.3) is 0 Å². The van der Waals surface area contributed by atoms with E-state index in [1.807, 2.05) is 6.92 Å². The van der Waals surface area contributed by atoms with Crippen LogP contribution in [0.2, 0.25) is 10.0 Å². The van der Waals surface area contributed by atoms with Gasteiger partial charge in [0.25, 0.3) is 0 Å². The lowest BCUT2D eigenvalue weighted by molar-refractivity contribution is -0.121. The molecule has 0 saturated heterocycles. The maximum atomic E-state index is 12.2. The zero-order valence-electron chi connectivity index (χ0n) is 16.3. The van der Waals surface area contributed by atoms with Crippen LogP contribution in [-0.4, -0.2) is 39.4 Å². The Morgan fingerprint density at radius 1 is 1.14 bits per heavy atom. The zero-order valence-corrected chi connectivity index (χ0v) is 19.5. The van der Waals surface area contributed by atoms with Crippen LogP contribution in [0.1, 0.15) is 18.4 Å². The lowest BCUT2D eigenvalue weighted by Gasteiger charge is -2.23. The number of hydrogen-bond acceptors (Lipinski definition) is 4. The van der Waals surface area contributed by atoms with Gasteiger partial charge < -0.3 is 5.32 Å². The molecule has 0 aliphatic heterocycles. The molecule has 0 atom stereocenters. The molecule has 0 spiro atoms. The van der Waals surface area contributed by atoms with Gasteiger partial charge in [0.1, 0.15) is 0 Å². The van der Waals surface area contributed by atoms with Crippen molar-refractivity contribution in [3.63, 3.8) is 0 Å². The number of amides is 1. The number of hydrogen-bond donors (Lipinski definition) is 1. The molecule has 0 bridgehead atoms. The molecule has 0 aliphatic carbocycles. The first-order chi connectivity index (χ1) is 13.7. The summed E-state index contributed by atoms with van der Waals surface area (Å²) in [6.45, 7) is 2.73. The van der Waals surface area contributed by atoms with Gasteiger partial charge in [-0.1, -0.05) is 40.9 Å². The van der Waals surface area contributed by atoms with Crippen molar-refractivity contribution in [3.05, 3.63) is 58.1 Å². The van der Waals surface area contributed by atoms with Crippen LogP contribution in [0.4, 0.5) is 5.69 Å². The molecule has 29 heavy (non-hydrogen) atoms. The van der Waals surface area contributed by atoms with Crippen molar-refractivity contribution < 1.29 is 13.2 Å². The first-order valence-corrected chi connectivity index (χ1v) is 12.6. The fraction of sp³-hybridized carbons (Fsp3) is 0.350. The zero-order chi connectivity index (χ0) is 21.4. The number of halogens is 2. The maximum absolute atomic E-state index is 12.2. The molecule has 2 aromatic carbocycles. The number of nitrogens with zero attached hydrogens (tertiary/aromatic N) is 1. The van der Waals surface area contributed by atoms with E-state index in [0.29, 0.717) is 23.7 Å². The highest BCUT2D eigenvalue weighted by Gasteiger charge is 2.20. The lowest BCUT2D eigenvalue weighted by Crippen LogP contribution is -2.32. The van der Waals surface area contributed by atoms with Crippen molar-refractivity contribution in [2.24, 2.45) is 0 Å². The Kier molecular flexibility index (Phi) is 9.14. The monoisotopic (exact) mass is 474 g/mol. The summed E-state index contributed by atoms with van der Waals surface area (Å²) in [7, 11) is -3.55. The Balaban J connectivity index is 1.79. The number of anilines is 1. The van der Waals surface area contributed by atoms with Gasteiger partial charge >= 0.3 is 0 Å². The van der Waals surface area contributed by atoms with Crippen molar-refractivity contribution in [1.29, 1.82) is 0 Å². The predicted molar refractivity (Wildman–Crippen MR) is 123 cm³/mol. The lowest BCUT2D eigenvalue weighted by atomic mass is 10.2. The Morgan fingerprint density at radius 2 is 1.83 bits per heavy atom. The number of sulfonamides is 1. The number of nitrogens with one attached hydrogen (secondary N) is 1. The number of thioether (sulfide) groups is 1. The molecular formula is C20H24Cl2N2O3S2. The summed E-state index contributed by atoms with van der Waals surface area (Å²) < 4.78 is 25.5. The van der Waals surface area contributed by atoms with Gasteiger partial charge in [0.2, 0.25) is 15.9 Å². The molecule has 1 amide bonds. The number of benzene rings is 2. The van der Waals surface area contributed by atoms with Crippen molar-refractivity contribution in [2.45, 2.75) is 24.7 Å². The first kappa shape index (κ1) is 23.9. The summed E-state index contributed by atoms with van der Waals surface area (Å²) in [6.07, 6.45) is 1.69. The molecule has 0 heterocycles. The molecule has 158 valence electrons. The summed E-state index contributed by atoms with van der Waals surface area (Å²) in [6, 6.07) is 12.9. The minimum absolute atomic E-state index is 0.111. The molecule has 0 aromatic heterocycles. The molecule has 5 nitrogen and oxygen atoms in total. The minimum atomic E-state index is -3.55. The van der Waals surface area contributed by atoms with Crippen LogP contribution in [0.15, 0.2) is 47.4 Å². The number of carbonyl (C=O) groups is 1. The summed E-state index contributed by atoms with van der Waals surface area (Å²) >= 11 is 13.8. The average Bonchev–Trinajstić information content (AvgIpc) is 2.65. The molecule has 1 N–H and O–H groups in total. The van der Waals surface area contributed by atoms with Gasteiger partial charge in [0.05, 0.1) is 17.0 Å². The van der Waals surface area contributed by atoms with E-state index in [0.717, 1.165) is 16.9 Å². The Labute approximate surface area is 186 Å². The van der Waals surface area contributed by atoms with E-state index in [1.165, 1.54) is 15.9 Å². The minimum Gasteiger partial charge on any atom is -0.355 e. The molecule has 0 saturated carbocycles. The quantitative estimate of drug-likeness (QED) is 0.398. The van der Waals surface area contributed by atoms with Crippen LogP contribution in [-0.2, 0) is 14.8 Å². The second kappa shape index (κ2) is 11.1. The third-order valence-corrected chi connectivity index (χ3v) is 6.80. The summed E-state index contributed by atoms with van der Waals surface area (Å²) in [5.74, 6) is 0.655. The van der Waals surface area contributed by atoms with E-state index in [4.69, 9.17) is 23.2 Å². The van der Waals surface area contributed by atoms with E-state index in [2.05, 4.69) is 29.6 Å². The van der Waals surface area contributed by atoms with Crippen molar-refractivity contribution >= 4 is 56.6 Å². The highest BCUT2D eigenvalue weighted by Crippen LogP contribution is 2.30. The van der Waals surface area contributed by atoms with E-state index >= 15 is 0 Å². The van der Waals surface area contributed by atoms with E-state index in [9.17, 15) is 13.2 Å². The first-order valence-electron chi connectivity index (χ1n) is 9.06. The van der Waals surface area contributed by atoms with Gasteiger partial charge in [-0.25, -0.2) is 8.42 Å². The summed E-state index contributed by atoms with van der Waals surface area (Å²) in [4.78, 5) is 13.2. The predicted octanol–water partition coefficient (Wildman–Crippen LogP) is 4.76. The highest BCUT2D eigenvalue weighted by molar-refractivity contribution is 7.99.